The van der Waals surface area contributed by atoms with E-state index < -0.39 is 10.0 Å². The number of rotatable bonds is 10. The van der Waals surface area contributed by atoms with Crippen molar-refractivity contribution >= 4 is 39.2 Å². The maximum absolute atomic E-state index is 12.0. The quantitative estimate of drug-likeness (QED) is 0.386. The van der Waals surface area contributed by atoms with Gasteiger partial charge in [0.1, 0.15) is 0 Å². The number of nitrogens with two attached hydrogens (primary N) is 1. The van der Waals surface area contributed by atoms with Gasteiger partial charge >= 0.3 is 0 Å². The Morgan fingerprint density at radius 2 is 1.90 bits per heavy atom. The number of anilines is 1. The first-order chi connectivity index (χ1) is 9.93. The summed E-state index contributed by atoms with van der Waals surface area (Å²) in [6.45, 7) is 4.02. The topological polar surface area (TPSA) is 72.2 Å². The van der Waals surface area contributed by atoms with E-state index in [1.807, 2.05) is 43.0 Å². The van der Waals surface area contributed by atoms with Crippen molar-refractivity contribution in [1.29, 1.82) is 0 Å². The minimum atomic E-state index is -3.20. The molecule has 1 atom stereocenters. The van der Waals surface area contributed by atoms with Crippen LogP contribution in [0, 0.1) is 0 Å². The SMILES string of the molecule is CCSCCC(C)NS(=O)(=O)CCSc1ccc(N)cc1. The molecule has 0 spiro atoms. The number of nitrogens with one attached hydrogen (secondary N) is 1. The van der Waals surface area contributed by atoms with Crippen molar-refractivity contribution in [2.24, 2.45) is 0 Å². The number of sulfonamides is 1. The minimum absolute atomic E-state index is 0.00410. The molecule has 120 valence electrons. The first-order valence-electron chi connectivity index (χ1n) is 6.99. The van der Waals surface area contributed by atoms with Gasteiger partial charge in [-0.3, -0.25) is 0 Å². The van der Waals surface area contributed by atoms with Crippen LogP contribution in [0.1, 0.15) is 20.3 Å². The van der Waals surface area contributed by atoms with Crippen molar-refractivity contribution in [3.8, 4) is 0 Å². The van der Waals surface area contributed by atoms with Gasteiger partial charge < -0.3 is 5.73 Å². The fourth-order valence-electron chi connectivity index (χ4n) is 1.66. The van der Waals surface area contributed by atoms with Crippen LogP contribution in [-0.4, -0.2) is 37.5 Å². The monoisotopic (exact) mass is 348 g/mol. The Labute approximate surface area is 136 Å². The maximum Gasteiger partial charge on any atom is 0.212 e. The number of thioether (sulfide) groups is 2. The van der Waals surface area contributed by atoms with Crippen LogP contribution >= 0.6 is 23.5 Å². The summed E-state index contributed by atoms with van der Waals surface area (Å²) in [4.78, 5) is 1.03. The molecule has 0 heterocycles. The van der Waals surface area contributed by atoms with Crippen LogP contribution in [0.5, 0.6) is 0 Å². The van der Waals surface area contributed by atoms with Gasteiger partial charge in [-0.2, -0.15) is 11.8 Å². The van der Waals surface area contributed by atoms with Crippen molar-refractivity contribution in [3.05, 3.63) is 24.3 Å². The Balaban J connectivity index is 2.30. The van der Waals surface area contributed by atoms with E-state index in [-0.39, 0.29) is 11.8 Å². The van der Waals surface area contributed by atoms with Gasteiger partial charge in [0.05, 0.1) is 5.75 Å². The third kappa shape index (κ3) is 8.60. The molecule has 0 radical (unpaired) electrons. The normalized spacial score (nSPS) is 13.2. The van der Waals surface area contributed by atoms with Crippen LogP contribution in [0.15, 0.2) is 29.2 Å². The van der Waals surface area contributed by atoms with Crippen molar-refractivity contribution in [2.45, 2.75) is 31.2 Å². The first-order valence-corrected chi connectivity index (χ1v) is 10.8. The van der Waals surface area contributed by atoms with Crippen molar-refractivity contribution in [3.63, 3.8) is 0 Å². The summed E-state index contributed by atoms with van der Waals surface area (Å²) < 4.78 is 26.7. The van der Waals surface area contributed by atoms with Crippen molar-refractivity contribution in [2.75, 3.05) is 28.7 Å². The number of benzene rings is 1. The molecule has 0 bridgehead atoms. The lowest BCUT2D eigenvalue weighted by atomic mass is 10.3. The van der Waals surface area contributed by atoms with E-state index in [4.69, 9.17) is 5.73 Å². The van der Waals surface area contributed by atoms with Crippen LogP contribution in [0.2, 0.25) is 0 Å². The molecular formula is C14H24N2O2S3. The predicted octanol–water partition coefficient (Wildman–Crippen LogP) is 2.81. The second-order valence-corrected chi connectivity index (χ2v) is 9.18. The smallest absolute Gasteiger partial charge is 0.212 e. The number of hydrogen-bond donors (Lipinski definition) is 2. The standard InChI is InChI=1S/C14H24N2O2S3/c1-3-19-9-8-12(2)16-21(17,18)11-10-20-14-6-4-13(15)5-7-14/h4-7,12,16H,3,8-11,15H2,1-2H3. The molecule has 0 aliphatic heterocycles. The van der Waals surface area contributed by atoms with Gasteiger partial charge in [-0.05, 0) is 49.1 Å². The van der Waals surface area contributed by atoms with Gasteiger partial charge in [0, 0.05) is 22.4 Å². The molecule has 0 saturated heterocycles. The van der Waals surface area contributed by atoms with Crippen LogP contribution in [0.25, 0.3) is 0 Å². The predicted molar refractivity (Wildman–Crippen MR) is 95.6 cm³/mol. The first kappa shape index (κ1) is 18.7. The largest absolute Gasteiger partial charge is 0.399 e. The van der Waals surface area contributed by atoms with E-state index in [2.05, 4.69) is 11.6 Å². The lowest BCUT2D eigenvalue weighted by molar-refractivity contribution is 0.558. The van der Waals surface area contributed by atoms with Crippen LogP contribution < -0.4 is 10.5 Å². The van der Waals surface area contributed by atoms with Gasteiger partial charge in [0.2, 0.25) is 10.0 Å². The van der Waals surface area contributed by atoms with E-state index >= 15 is 0 Å². The van der Waals surface area contributed by atoms with Crippen molar-refractivity contribution < 1.29 is 8.42 Å². The Hall–Kier alpha value is -0.370. The zero-order valence-corrected chi connectivity index (χ0v) is 15.0. The molecule has 0 saturated carbocycles. The highest BCUT2D eigenvalue weighted by atomic mass is 32.2. The summed E-state index contributed by atoms with van der Waals surface area (Å²) in [5, 5.41) is 0. The average molecular weight is 349 g/mol. The van der Waals surface area contributed by atoms with Gasteiger partial charge in [0.25, 0.3) is 0 Å². The summed E-state index contributed by atoms with van der Waals surface area (Å²) in [7, 11) is -3.20. The van der Waals surface area contributed by atoms with E-state index in [1.165, 1.54) is 11.8 Å². The van der Waals surface area contributed by atoms with Gasteiger partial charge in [-0.15, -0.1) is 11.8 Å². The second-order valence-electron chi connectivity index (χ2n) is 4.74. The highest BCUT2D eigenvalue weighted by molar-refractivity contribution is 8.00. The molecule has 0 aliphatic rings. The second kappa shape index (κ2) is 9.61. The molecule has 0 aliphatic carbocycles. The number of nitrogen functional groups attached to an aromatic ring is 1. The Bertz CT molecular complexity index is 503. The molecule has 1 rings (SSSR count). The fraction of sp³-hybridized carbons (Fsp3) is 0.571. The molecule has 21 heavy (non-hydrogen) atoms. The summed E-state index contributed by atoms with van der Waals surface area (Å²) in [6, 6.07) is 7.45. The average Bonchev–Trinajstić information content (AvgIpc) is 2.40. The van der Waals surface area contributed by atoms with Gasteiger partial charge in [0.15, 0.2) is 0 Å². The third-order valence-electron chi connectivity index (χ3n) is 2.78. The Morgan fingerprint density at radius 3 is 2.52 bits per heavy atom. The van der Waals surface area contributed by atoms with E-state index in [0.29, 0.717) is 11.4 Å². The highest BCUT2D eigenvalue weighted by Gasteiger charge is 2.14. The summed E-state index contributed by atoms with van der Waals surface area (Å²) in [5.41, 5.74) is 6.33. The molecule has 3 N–H and O–H groups in total. The number of hydrogen-bond acceptors (Lipinski definition) is 5. The highest BCUT2D eigenvalue weighted by Crippen LogP contribution is 2.19. The van der Waals surface area contributed by atoms with Gasteiger partial charge in [-0.1, -0.05) is 6.92 Å². The molecule has 0 amide bonds. The molecule has 0 fully saturated rings. The van der Waals surface area contributed by atoms with Crippen LogP contribution in [0.3, 0.4) is 0 Å². The molecule has 7 heteroatoms. The van der Waals surface area contributed by atoms with Gasteiger partial charge in [-0.25, -0.2) is 13.1 Å². The lowest BCUT2D eigenvalue weighted by Gasteiger charge is -2.13. The molecule has 1 aromatic carbocycles. The zero-order valence-electron chi connectivity index (χ0n) is 12.5. The molecule has 4 nitrogen and oxygen atoms in total. The Kier molecular flexibility index (Phi) is 8.55. The van der Waals surface area contributed by atoms with E-state index in [0.717, 1.165) is 22.8 Å². The van der Waals surface area contributed by atoms with E-state index in [9.17, 15) is 8.42 Å². The summed E-state index contributed by atoms with van der Waals surface area (Å²) in [5.74, 6) is 2.72. The Morgan fingerprint density at radius 1 is 1.24 bits per heavy atom. The summed E-state index contributed by atoms with van der Waals surface area (Å²) >= 11 is 3.36. The van der Waals surface area contributed by atoms with E-state index in [1.54, 1.807) is 0 Å². The molecule has 1 unspecified atom stereocenters. The minimum Gasteiger partial charge on any atom is -0.399 e. The summed E-state index contributed by atoms with van der Waals surface area (Å²) in [6.07, 6.45) is 0.864. The van der Waals surface area contributed by atoms with Crippen LogP contribution in [-0.2, 0) is 10.0 Å². The maximum atomic E-state index is 12.0. The lowest BCUT2D eigenvalue weighted by Crippen LogP contribution is -2.35. The van der Waals surface area contributed by atoms with Crippen molar-refractivity contribution in [1.82, 2.24) is 4.72 Å². The molecule has 1 aromatic rings. The third-order valence-corrected chi connectivity index (χ3v) is 6.49. The molecular weight excluding hydrogens is 324 g/mol. The molecule has 0 aromatic heterocycles. The van der Waals surface area contributed by atoms with Crippen LogP contribution in [0.4, 0.5) is 5.69 Å². The zero-order chi connectivity index (χ0) is 15.7. The fourth-order valence-corrected chi connectivity index (χ4v) is 5.09.